The van der Waals surface area contributed by atoms with Crippen LogP contribution in [0.3, 0.4) is 0 Å². The highest BCUT2D eigenvalue weighted by molar-refractivity contribution is 14.2. The summed E-state index contributed by atoms with van der Waals surface area (Å²) in [6.45, 7) is 0. The Morgan fingerprint density at radius 3 is 3.10 bits per heavy atom. The zero-order valence-corrected chi connectivity index (χ0v) is 7.15. The van der Waals surface area contributed by atoms with Crippen LogP contribution in [0.25, 0.3) is 0 Å². The Labute approximate surface area is 68.0 Å². The van der Waals surface area contributed by atoms with E-state index in [1.54, 1.807) is 12.1 Å². The maximum absolute atomic E-state index is 9.91. The first-order valence-corrected chi connectivity index (χ1v) is 5.04. The maximum atomic E-state index is 9.91. The van der Waals surface area contributed by atoms with Crippen molar-refractivity contribution in [3.63, 3.8) is 0 Å². The molecule has 1 heterocycles. The Hall–Kier alpha value is -0.590. The van der Waals surface area contributed by atoms with E-state index >= 15 is 0 Å². The van der Waals surface area contributed by atoms with Crippen LogP contribution < -0.4 is 0 Å². The van der Waals surface area contributed by atoms with Crippen molar-refractivity contribution in [1.82, 2.24) is 0 Å². The normalized spacial score (nSPS) is 9.60. The van der Waals surface area contributed by atoms with Gasteiger partial charge in [0.25, 0.3) is 21.5 Å². The zero-order chi connectivity index (χ0) is 7.40. The van der Waals surface area contributed by atoms with Gasteiger partial charge in [0.2, 0.25) is 0 Å². The molecule has 0 unspecified atom stereocenters. The Balaban J connectivity index is 2.35. The zero-order valence-electron chi connectivity index (χ0n) is 4.99. The van der Waals surface area contributed by atoms with Crippen LogP contribution in [0.4, 0.5) is 0 Å². The second-order valence-electron chi connectivity index (χ2n) is 1.55. The Morgan fingerprint density at radius 1 is 1.80 bits per heavy atom. The summed E-state index contributed by atoms with van der Waals surface area (Å²) < 4.78 is 5.14. The van der Waals surface area contributed by atoms with E-state index in [4.69, 9.17) is 4.42 Å². The number of rotatable bonds is 3. The van der Waals surface area contributed by atoms with Crippen LogP contribution >= 0.6 is 21.5 Å². The molecule has 1 aromatic heterocycles. The molecule has 10 heavy (non-hydrogen) atoms. The molecule has 0 amide bonds. The molecule has 1 rings (SSSR count). The molecule has 0 aliphatic heterocycles. The summed E-state index contributed by atoms with van der Waals surface area (Å²) >= 11 is -0.959. The average molecular weight is 254 g/mol. The van der Waals surface area contributed by atoms with E-state index in [-0.39, 0.29) is 3.14 Å². The Bertz CT molecular complexity index is 209. The SMILES string of the molecule is O=[N+]([O-])[I]Cc1ccco1. The number of hydrogen-bond donors (Lipinski definition) is 0. The predicted molar refractivity (Wildman–Crippen MR) is 43.4 cm³/mol. The van der Waals surface area contributed by atoms with Crippen LogP contribution in [0, 0.1) is 10.1 Å². The van der Waals surface area contributed by atoms with Crippen LogP contribution in [0.2, 0.25) is 0 Å². The van der Waals surface area contributed by atoms with Crippen LogP contribution in [0.5, 0.6) is 0 Å². The molecule has 55 valence electrons. The first-order valence-electron chi connectivity index (χ1n) is 2.55. The van der Waals surface area contributed by atoms with Crippen LogP contribution in [-0.4, -0.2) is 3.14 Å². The third-order valence-corrected chi connectivity index (χ3v) is 2.52. The third kappa shape index (κ3) is 2.34. The number of hydrogen-bond acceptors (Lipinski definition) is 3. The summed E-state index contributed by atoms with van der Waals surface area (Å²) in [7, 11) is 0. The lowest BCUT2D eigenvalue weighted by Crippen LogP contribution is -1.80. The molecule has 0 saturated heterocycles. The minimum absolute atomic E-state index is 0.249. The molecule has 4 nitrogen and oxygen atoms in total. The fourth-order valence-corrected chi connectivity index (χ4v) is 1.55. The van der Waals surface area contributed by atoms with Gasteiger partial charge in [-0.15, -0.1) is 0 Å². The quantitative estimate of drug-likeness (QED) is 0.272. The van der Waals surface area contributed by atoms with E-state index in [0.717, 1.165) is 0 Å². The van der Waals surface area contributed by atoms with Crippen LogP contribution in [0.1, 0.15) is 5.76 Å². The monoisotopic (exact) mass is 254 g/mol. The van der Waals surface area contributed by atoms with Crippen molar-refractivity contribution >= 4 is 21.5 Å². The number of halogens is 1. The standard InChI is InChI=1S/C5H5INO3/c8-7(9)6-4-5-2-1-3-10-5/h1-3H,4H2. The van der Waals surface area contributed by atoms with Gasteiger partial charge in [-0.3, -0.25) is 10.1 Å². The van der Waals surface area contributed by atoms with Gasteiger partial charge >= 0.3 is 0 Å². The third-order valence-electron chi connectivity index (χ3n) is 0.869. The fraction of sp³-hybridized carbons (Fsp3) is 0.200. The van der Waals surface area contributed by atoms with Crippen molar-refractivity contribution in [1.29, 1.82) is 0 Å². The smallest absolute Gasteiger partial charge is 0.285 e. The molecule has 1 radical (unpaired) electrons. The van der Waals surface area contributed by atoms with E-state index in [9.17, 15) is 10.1 Å². The van der Waals surface area contributed by atoms with Crippen LogP contribution in [-0.2, 0) is 4.43 Å². The van der Waals surface area contributed by atoms with Gasteiger partial charge in [-0.05, 0) is 12.1 Å². The second kappa shape index (κ2) is 3.55. The molecule has 0 bridgehead atoms. The molecule has 1 aromatic rings. The molecular weight excluding hydrogens is 249 g/mol. The predicted octanol–water partition coefficient (Wildman–Crippen LogP) is 1.94. The second-order valence-corrected chi connectivity index (χ2v) is 3.78. The van der Waals surface area contributed by atoms with Crippen molar-refractivity contribution in [2.45, 2.75) is 4.43 Å². The molecule has 5 heteroatoms. The van der Waals surface area contributed by atoms with E-state index in [1.165, 1.54) is 6.26 Å². The van der Waals surface area contributed by atoms with Gasteiger partial charge in [0, 0.05) is 0 Å². The van der Waals surface area contributed by atoms with Crippen molar-refractivity contribution in [2.24, 2.45) is 0 Å². The highest BCUT2D eigenvalue weighted by Gasteiger charge is 2.04. The molecule has 0 fully saturated rings. The molecule has 0 saturated carbocycles. The van der Waals surface area contributed by atoms with Crippen molar-refractivity contribution in [3.8, 4) is 0 Å². The summed E-state index contributed by atoms with van der Waals surface area (Å²) in [5.41, 5.74) is 0. The lowest BCUT2D eigenvalue weighted by Gasteiger charge is -1.84. The first kappa shape index (κ1) is 7.52. The maximum Gasteiger partial charge on any atom is 0.285 e. The van der Waals surface area contributed by atoms with Gasteiger partial charge in [-0.25, -0.2) is 0 Å². The summed E-state index contributed by atoms with van der Waals surface area (Å²) in [4.78, 5) is 9.91. The Kier molecular flexibility index (Phi) is 2.67. The van der Waals surface area contributed by atoms with E-state index in [1.807, 2.05) is 0 Å². The summed E-state index contributed by atoms with van der Waals surface area (Å²) in [6.07, 6.45) is 1.53. The summed E-state index contributed by atoms with van der Waals surface area (Å²) in [5.74, 6) is 0.713. The Morgan fingerprint density at radius 2 is 2.60 bits per heavy atom. The van der Waals surface area contributed by atoms with Gasteiger partial charge in [0.15, 0.2) is 0 Å². The summed E-state index contributed by atoms with van der Waals surface area (Å²) in [6, 6.07) is 3.49. The average Bonchev–Trinajstić information content (AvgIpc) is 2.34. The molecule has 0 atom stereocenters. The fourth-order valence-electron chi connectivity index (χ4n) is 0.496. The number of furan rings is 1. The van der Waals surface area contributed by atoms with E-state index in [2.05, 4.69) is 0 Å². The van der Waals surface area contributed by atoms with Gasteiger partial charge in [-0.2, -0.15) is 0 Å². The van der Waals surface area contributed by atoms with E-state index < -0.39 is 21.5 Å². The summed E-state index contributed by atoms with van der Waals surface area (Å²) in [5, 5.41) is 9.91. The van der Waals surface area contributed by atoms with Crippen molar-refractivity contribution < 1.29 is 7.55 Å². The first-order chi connectivity index (χ1) is 4.79. The van der Waals surface area contributed by atoms with Gasteiger partial charge < -0.3 is 4.42 Å². The number of alkyl halides is 1. The molecule has 0 N–H and O–H groups in total. The minimum atomic E-state index is -0.959. The molecule has 0 spiro atoms. The van der Waals surface area contributed by atoms with E-state index in [0.29, 0.717) is 10.2 Å². The van der Waals surface area contributed by atoms with Gasteiger partial charge in [0.05, 0.1) is 9.40 Å². The van der Waals surface area contributed by atoms with Crippen LogP contribution in [0.15, 0.2) is 22.8 Å². The highest BCUT2D eigenvalue weighted by atomic mass is 127. The molecule has 0 aliphatic carbocycles. The minimum Gasteiger partial charge on any atom is -0.468 e. The van der Waals surface area contributed by atoms with Gasteiger partial charge in [0.1, 0.15) is 10.2 Å². The topological polar surface area (TPSA) is 56.3 Å². The largest absolute Gasteiger partial charge is 0.468 e. The number of nitrogens with zero attached hydrogens (tertiary/aromatic N) is 1. The van der Waals surface area contributed by atoms with Crippen molar-refractivity contribution in [3.05, 3.63) is 34.3 Å². The van der Waals surface area contributed by atoms with Gasteiger partial charge in [-0.1, -0.05) is 0 Å². The lowest BCUT2D eigenvalue weighted by molar-refractivity contribution is -0.229. The highest BCUT2D eigenvalue weighted by Crippen LogP contribution is 2.18. The molecule has 0 aliphatic rings. The number of nitro groups is 1. The molecule has 0 aromatic carbocycles. The van der Waals surface area contributed by atoms with Crippen molar-refractivity contribution in [2.75, 3.05) is 0 Å². The lowest BCUT2D eigenvalue weighted by atomic mass is 10.5. The molecular formula is C5H5INO3.